The first kappa shape index (κ1) is 14.9. The Labute approximate surface area is 105 Å². The number of aromatic nitrogens is 3. The monoisotopic (exact) mass is 280 g/mol. The highest BCUT2D eigenvalue weighted by atomic mass is 19.4. The molecule has 1 aromatic rings. The summed E-state index contributed by atoms with van der Waals surface area (Å²) in [5.41, 5.74) is -3.41. The van der Waals surface area contributed by atoms with E-state index >= 15 is 0 Å². The number of carbonyl (C=O) groups is 2. The van der Waals surface area contributed by atoms with Crippen molar-refractivity contribution in [3.8, 4) is 0 Å². The number of halogens is 3. The predicted molar refractivity (Wildman–Crippen MR) is 55.3 cm³/mol. The largest absolute Gasteiger partial charge is 0.479 e. The van der Waals surface area contributed by atoms with Crippen LogP contribution >= 0.6 is 0 Å². The maximum absolute atomic E-state index is 12.7. The molecule has 1 unspecified atom stereocenters. The second-order valence-corrected chi connectivity index (χ2v) is 3.84. The summed E-state index contributed by atoms with van der Waals surface area (Å²) in [6.45, 7) is 2.04. The van der Waals surface area contributed by atoms with Gasteiger partial charge in [-0.2, -0.15) is 13.2 Å². The average Bonchev–Trinajstić information content (AvgIpc) is 2.75. The van der Waals surface area contributed by atoms with Crippen LogP contribution in [-0.2, 0) is 11.2 Å². The number of aromatic amines is 1. The molecule has 0 aromatic carbocycles. The first-order valence-corrected chi connectivity index (χ1v) is 5.15. The third kappa shape index (κ3) is 2.83. The van der Waals surface area contributed by atoms with Crippen LogP contribution in [0.2, 0.25) is 0 Å². The molecule has 0 fully saturated rings. The highest BCUT2D eigenvalue weighted by Crippen LogP contribution is 2.30. The van der Waals surface area contributed by atoms with Crippen molar-refractivity contribution in [1.29, 1.82) is 0 Å². The van der Waals surface area contributed by atoms with Crippen molar-refractivity contribution in [2.75, 3.05) is 0 Å². The van der Waals surface area contributed by atoms with Gasteiger partial charge < -0.3 is 10.4 Å². The highest BCUT2D eigenvalue weighted by molar-refractivity contribution is 5.95. The lowest BCUT2D eigenvalue weighted by Crippen LogP contribution is -2.62. The summed E-state index contributed by atoms with van der Waals surface area (Å²) >= 11 is 0. The summed E-state index contributed by atoms with van der Waals surface area (Å²) < 4.78 is 38.0. The first-order chi connectivity index (χ1) is 8.61. The third-order valence-electron chi connectivity index (χ3n) is 2.43. The van der Waals surface area contributed by atoms with Crippen LogP contribution in [0.15, 0.2) is 0 Å². The molecule has 19 heavy (non-hydrogen) atoms. The smallest absolute Gasteiger partial charge is 0.422 e. The van der Waals surface area contributed by atoms with Crippen LogP contribution in [0.25, 0.3) is 0 Å². The van der Waals surface area contributed by atoms with Crippen molar-refractivity contribution < 1.29 is 27.9 Å². The Morgan fingerprint density at radius 2 is 2.00 bits per heavy atom. The minimum Gasteiger partial charge on any atom is -0.479 e. The predicted octanol–water partition coefficient (Wildman–Crippen LogP) is 0.502. The summed E-state index contributed by atoms with van der Waals surface area (Å²) in [6.07, 6.45) is -4.76. The van der Waals surface area contributed by atoms with Crippen LogP contribution < -0.4 is 5.32 Å². The van der Waals surface area contributed by atoms with Crippen molar-refractivity contribution in [3.63, 3.8) is 0 Å². The van der Waals surface area contributed by atoms with Crippen LogP contribution in [-0.4, -0.2) is 43.9 Å². The average molecular weight is 280 g/mol. The second-order valence-electron chi connectivity index (χ2n) is 3.84. The molecule has 1 rings (SSSR count). The standard InChI is InChI=1S/C9H11F3N4O3/c1-3-4-13-5(16-15-4)6(17)14-8(2,7(18)19)9(10,11)12/h3H2,1-2H3,(H,14,17)(H,18,19)(H,13,15,16). The van der Waals surface area contributed by atoms with Crippen molar-refractivity contribution in [3.05, 3.63) is 11.6 Å². The Hall–Kier alpha value is -2.13. The SMILES string of the molecule is CCc1nc(C(=O)NC(C)(C(=O)O)C(F)(F)F)n[nH]1. The Morgan fingerprint density at radius 1 is 1.42 bits per heavy atom. The van der Waals surface area contributed by atoms with Crippen LogP contribution in [0, 0.1) is 0 Å². The fraction of sp³-hybridized carbons (Fsp3) is 0.556. The molecule has 0 saturated heterocycles. The summed E-state index contributed by atoms with van der Waals surface area (Å²) in [5.74, 6) is -3.79. The lowest BCUT2D eigenvalue weighted by Gasteiger charge is -2.27. The zero-order chi connectivity index (χ0) is 14.8. The van der Waals surface area contributed by atoms with Gasteiger partial charge in [0.15, 0.2) is 0 Å². The topological polar surface area (TPSA) is 108 Å². The van der Waals surface area contributed by atoms with Gasteiger partial charge in [-0.3, -0.25) is 9.89 Å². The minimum absolute atomic E-state index is 0.300. The maximum atomic E-state index is 12.7. The molecule has 0 radical (unpaired) electrons. The van der Waals surface area contributed by atoms with E-state index in [1.165, 1.54) is 5.32 Å². The van der Waals surface area contributed by atoms with Gasteiger partial charge >= 0.3 is 12.1 Å². The number of aliphatic carboxylic acids is 1. The summed E-state index contributed by atoms with van der Waals surface area (Å²) in [4.78, 5) is 25.8. The number of hydrogen-bond acceptors (Lipinski definition) is 4. The van der Waals surface area contributed by atoms with Crippen molar-refractivity contribution >= 4 is 11.9 Å². The molecule has 0 aliphatic carbocycles. The van der Waals surface area contributed by atoms with Gasteiger partial charge in [-0.25, -0.2) is 9.78 Å². The first-order valence-electron chi connectivity index (χ1n) is 5.15. The van der Waals surface area contributed by atoms with Crippen molar-refractivity contribution in [2.24, 2.45) is 0 Å². The molecule has 1 aromatic heterocycles. The lowest BCUT2D eigenvalue weighted by atomic mass is 10.0. The molecule has 3 N–H and O–H groups in total. The molecule has 0 aliphatic heterocycles. The van der Waals surface area contributed by atoms with Crippen LogP contribution in [0.1, 0.15) is 30.3 Å². The van der Waals surface area contributed by atoms with Gasteiger partial charge in [-0.05, 0) is 6.92 Å². The van der Waals surface area contributed by atoms with E-state index in [9.17, 15) is 22.8 Å². The molecule has 1 amide bonds. The number of carboxylic acids is 1. The van der Waals surface area contributed by atoms with E-state index in [0.29, 0.717) is 19.2 Å². The molecule has 7 nitrogen and oxygen atoms in total. The number of carbonyl (C=O) groups excluding carboxylic acids is 1. The van der Waals surface area contributed by atoms with Crippen molar-refractivity contribution in [2.45, 2.75) is 32.0 Å². The molecule has 0 spiro atoms. The number of aryl methyl sites for hydroxylation is 1. The number of rotatable bonds is 4. The zero-order valence-electron chi connectivity index (χ0n) is 10.00. The van der Waals surface area contributed by atoms with Crippen LogP contribution in [0.5, 0.6) is 0 Å². The fourth-order valence-electron chi connectivity index (χ4n) is 1.08. The van der Waals surface area contributed by atoms with E-state index in [4.69, 9.17) is 5.11 Å². The van der Waals surface area contributed by atoms with E-state index in [-0.39, 0.29) is 0 Å². The van der Waals surface area contributed by atoms with Gasteiger partial charge in [0.25, 0.3) is 5.91 Å². The van der Waals surface area contributed by atoms with Gasteiger partial charge in [0.1, 0.15) is 5.82 Å². The number of alkyl halides is 3. The summed E-state index contributed by atoms with van der Waals surface area (Å²) in [5, 5.41) is 15.8. The third-order valence-corrected chi connectivity index (χ3v) is 2.43. The van der Waals surface area contributed by atoms with E-state index in [1.807, 2.05) is 0 Å². The Kier molecular flexibility index (Phi) is 3.82. The molecular formula is C9H11F3N4O3. The quantitative estimate of drug-likeness (QED) is 0.744. The Balaban J connectivity index is 2.98. The second kappa shape index (κ2) is 4.86. The molecule has 1 atom stereocenters. The molecule has 0 saturated carbocycles. The van der Waals surface area contributed by atoms with Gasteiger partial charge in [-0.15, -0.1) is 5.10 Å². The Morgan fingerprint density at radius 3 is 2.37 bits per heavy atom. The number of hydrogen-bond donors (Lipinski definition) is 3. The normalized spacial score (nSPS) is 14.8. The summed E-state index contributed by atoms with van der Waals surface area (Å²) in [7, 11) is 0. The van der Waals surface area contributed by atoms with Crippen molar-refractivity contribution in [1.82, 2.24) is 20.5 Å². The lowest BCUT2D eigenvalue weighted by molar-refractivity contribution is -0.203. The van der Waals surface area contributed by atoms with Crippen LogP contribution in [0.4, 0.5) is 13.2 Å². The Bertz CT molecular complexity index is 499. The van der Waals surface area contributed by atoms with E-state index < -0.39 is 29.4 Å². The zero-order valence-corrected chi connectivity index (χ0v) is 10.00. The van der Waals surface area contributed by atoms with Gasteiger partial charge in [-0.1, -0.05) is 6.92 Å². The molecular weight excluding hydrogens is 269 g/mol. The number of amides is 1. The van der Waals surface area contributed by atoms with Gasteiger partial charge in [0.05, 0.1) is 0 Å². The molecule has 1 heterocycles. The van der Waals surface area contributed by atoms with E-state index in [0.717, 1.165) is 0 Å². The van der Waals surface area contributed by atoms with E-state index in [1.54, 1.807) is 6.92 Å². The number of nitrogens with one attached hydrogen (secondary N) is 2. The van der Waals surface area contributed by atoms with E-state index in [2.05, 4.69) is 15.2 Å². The molecule has 106 valence electrons. The number of H-pyrrole nitrogens is 1. The van der Waals surface area contributed by atoms with Crippen LogP contribution in [0.3, 0.4) is 0 Å². The molecule has 10 heteroatoms. The molecule has 0 bridgehead atoms. The summed E-state index contributed by atoms with van der Waals surface area (Å²) in [6, 6.07) is 0. The fourth-order valence-corrected chi connectivity index (χ4v) is 1.08. The maximum Gasteiger partial charge on any atom is 0.422 e. The number of nitrogens with zero attached hydrogens (tertiary/aromatic N) is 2. The molecule has 0 aliphatic rings. The van der Waals surface area contributed by atoms with Gasteiger partial charge in [0, 0.05) is 6.42 Å². The number of carboxylic acid groups (broad SMARTS) is 1. The minimum atomic E-state index is -5.15. The van der Waals surface area contributed by atoms with Gasteiger partial charge in [0.2, 0.25) is 11.4 Å². The highest BCUT2D eigenvalue weighted by Gasteiger charge is 2.58.